The maximum atomic E-state index is 12.4. The summed E-state index contributed by atoms with van der Waals surface area (Å²) in [5.74, 6) is 1.07. The number of rotatable bonds is 6. The lowest BCUT2D eigenvalue weighted by molar-refractivity contribution is 0.0701. The van der Waals surface area contributed by atoms with E-state index in [0.717, 1.165) is 29.3 Å². The molecule has 0 bridgehead atoms. The molecule has 20 heavy (non-hydrogen) atoms. The number of hydrogen-bond donors (Lipinski definition) is 1. The van der Waals surface area contributed by atoms with Crippen LogP contribution >= 0.6 is 23.1 Å². The van der Waals surface area contributed by atoms with Crippen LogP contribution < -0.4 is 5.56 Å². The van der Waals surface area contributed by atoms with E-state index < -0.39 is 5.97 Å². The van der Waals surface area contributed by atoms with E-state index in [0.29, 0.717) is 22.3 Å². The van der Waals surface area contributed by atoms with Crippen molar-refractivity contribution in [2.45, 2.75) is 26.8 Å². The molecule has 0 aliphatic rings. The van der Waals surface area contributed by atoms with Gasteiger partial charge in [0.2, 0.25) is 0 Å². The molecule has 0 unspecified atom stereocenters. The van der Waals surface area contributed by atoms with Crippen LogP contribution in [-0.4, -0.2) is 32.1 Å². The van der Waals surface area contributed by atoms with Crippen LogP contribution in [-0.2, 0) is 6.54 Å². The lowest BCUT2D eigenvalue weighted by atomic mass is 10.2. The number of aromatic carboxylic acids is 1. The van der Waals surface area contributed by atoms with Crippen LogP contribution in [0, 0.1) is 6.92 Å². The third kappa shape index (κ3) is 2.88. The average Bonchev–Trinajstić information content (AvgIpc) is 2.75. The van der Waals surface area contributed by atoms with Crippen molar-refractivity contribution in [1.82, 2.24) is 9.55 Å². The summed E-state index contributed by atoms with van der Waals surface area (Å²) in [7, 11) is 0. The van der Waals surface area contributed by atoms with Crippen molar-refractivity contribution in [2.75, 3.05) is 11.5 Å². The van der Waals surface area contributed by atoms with Crippen molar-refractivity contribution >= 4 is 39.3 Å². The van der Waals surface area contributed by atoms with Crippen molar-refractivity contribution in [3.63, 3.8) is 0 Å². The van der Waals surface area contributed by atoms with Gasteiger partial charge in [-0.2, -0.15) is 11.8 Å². The number of carboxylic acids is 1. The Morgan fingerprint density at radius 3 is 2.95 bits per heavy atom. The number of thioether (sulfide) groups is 1. The van der Waals surface area contributed by atoms with Crippen LogP contribution in [0.5, 0.6) is 0 Å². The molecule has 0 aliphatic carbocycles. The summed E-state index contributed by atoms with van der Waals surface area (Å²) in [4.78, 5) is 28.4. The maximum Gasteiger partial charge on any atom is 0.346 e. The van der Waals surface area contributed by atoms with Crippen molar-refractivity contribution in [3.05, 3.63) is 27.1 Å². The van der Waals surface area contributed by atoms with Gasteiger partial charge in [0.15, 0.2) is 0 Å². The second kappa shape index (κ2) is 6.41. The Bertz CT molecular complexity index is 691. The molecule has 0 aromatic carbocycles. The van der Waals surface area contributed by atoms with Gasteiger partial charge in [0, 0.05) is 6.54 Å². The summed E-state index contributed by atoms with van der Waals surface area (Å²) in [6.45, 7) is 4.39. The van der Waals surface area contributed by atoms with E-state index in [2.05, 4.69) is 11.9 Å². The average molecular weight is 312 g/mol. The van der Waals surface area contributed by atoms with E-state index in [9.17, 15) is 9.59 Å². The smallest absolute Gasteiger partial charge is 0.346 e. The predicted octanol–water partition coefficient (Wildman–Crippen LogP) is 2.61. The fourth-order valence-electron chi connectivity index (χ4n) is 2.00. The molecule has 5 nitrogen and oxygen atoms in total. The molecular formula is C13H16N2O3S2. The minimum absolute atomic E-state index is 0.141. The largest absolute Gasteiger partial charge is 0.477 e. The topological polar surface area (TPSA) is 72.2 Å². The third-order valence-corrected chi connectivity index (χ3v) is 5.18. The van der Waals surface area contributed by atoms with Crippen molar-refractivity contribution in [3.8, 4) is 0 Å². The van der Waals surface area contributed by atoms with Crippen molar-refractivity contribution in [1.29, 1.82) is 0 Å². The molecule has 0 aliphatic heterocycles. The number of thiophene rings is 1. The monoisotopic (exact) mass is 312 g/mol. The molecule has 0 radical (unpaired) electrons. The van der Waals surface area contributed by atoms with E-state index >= 15 is 0 Å². The van der Waals surface area contributed by atoms with Crippen LogP contribution in [0.1, 0.15) is 28.6 Å². The summed E-state index contributed by atoms with van der Waals surface area (Å²) in [5, 5.41) is 9.54. The minimum atomic E-state index is -1.00. The fraction of sp³-hybridized carbons (Fsp3) is 0.462. The Morgan fingerprint density at radius 1 is 1.55 bits per heavy atom. The first-order valence-electron chi connectivity index (χ1n) is 6.35. The highest BCUT2D eigenvalue weighted by Crippen LogP contribution is 2.26. The third-order valence-electron chi connectivity index (χ3n) is 3.00. The molecule has 2 heterocycles. The second-order valence-electron chi connectivity index (χ2n) is 4.34. The quantitative estimate of drug-likeness (QED) is 0.830. The highest BCUT2D eigenvalue weighted by Gasteiger charge is 2.18. The van der Waals surface area contributed by atoms with Crippen LogP contribution in [0.2, 0.25) is 0 Å². The van der Waals surface area contributed by atoms with Crippen LogP contribution in [0.15, 0.2) is 11.1 Å². The zero-order valence-electron chi connectivity index (χ0n) is 11.4. The molecule has 0 saturated carbocycles. The van der Waals surface area contributed by atoms with Crippen molar-refractivity contribution in [2.24, 2.45) is 0 Å². The lowest BCUT2D eigenvalue weighted by Crippen LogP contribution is -2.21. The van der Waals surface area contributed by atoms with Gasteiger partial charge in [-0.15, -0.1) is 11.3 Å². The summed E-state index contributed by atoms with van der Waals surface area (Å²) in [6, 6.07) is 0. The Morgan fingerprint density at radius 2 is 2.30 bits per heavy atom. The van der Waals surface area contributed by atoms with E-state index in [-0.39, 0.29) is 10.4 Å². The lowest BCUT2D eigenvalue weighted by Gasteiger charge is -2.04. The molecule has 2 aromatic rings. The predicted molar refractivity (Wildman–Crippen MR) is 83.2 cm³/mol. The van der Waals surface area contributed by atoms with E-state index in [4.69, 9.17) is 5.11 Å². The van der Waals surface area contributed by atoms with Gasteiger partial charge in [-0.05, 0) is 30.4 Å². The zero-order valence-corrected chi connectivity index (χ0v) is 13.0. The van der Waals surface area contributed by atoms with Gasteiger partial charge >= 0.3 is 5.97 Å². The van der Waals surface area contributed by atoms with E-state index in [1.54, 1.807) is 11.5 Å². The zero-order chi connectivity index (χ0) is 14.7. The normalized spacial score (nSPS) is 11.1. The Hall–Kier alpha value is -1.34. The number of aryl methyl sites for hydroxylation is 2. The van der Waals surface area contributed by atoms with Gasteiger partial charge in [-0.3, -0.25) is 9.36 Å². The molecule has 0 spiro atoms. The second-order valence-corrected chi connectivity index (χ2v) is 6.73. The number of nitrogens with zero attached hydrogens (tertiary/aromatic N) is 2. The first-order valence-corrected chi connectivity index (χ1v) is 8.33. The summed E-state index contributed by atoms with van der Waals surface area (Å²) < 4.78 is 1.57. The first kappa shape index (κ1) is 15.1. The summed E-state index contributed by atoms with van der Waals surface area (Å²) >= 11 is 2.90. The Labute approximate surface area is 124 Å². The molecule has 2 aromatic heterocycles. The first-order chi connectivity index (χ1) is 9.56. The number of carboxylic acid groups (broad SMARTS) is 1. The highest BCUT2D eigenvalue weighted by molar-refractivity contribution is 7.99. The summed E-state index contributed by atoms with van der Waals surface area (Å²) in [6.07, 6.45) is 2.42. The number of hydrogen-bond acceptors (Lipinski definition) is 5. The highest BCUT2D eigenvalue weighted by atomic mass is 32.2. The van der Waals surface area contributed by atoms with Crippen LogP contribution in [0.4, 0.5) is 0 Å². The molecule has 0 amide bonds. The van der Waals surface area contributed by atoms with Crippen molar-refractivity contribution < 1.29 is 9.90 Å². The summed E-state index contributed by atoms with van der Waals surface area (Å²) in [5.41, 5.74) is 0.380. The maximum absolute atomic E-state index is 12.4. The van der Waals surface area contributed by atoms with Gasteiger partial charge in [0.25, 0.3) is 5.56 Å². The molecule has 2 rings (SSSR count). The number of carbonyl (C=O) groups is 1. The van der Waals surface area contributed by atoms with Gasteiger partial charge in [-0.1, -0.05) is 6.92 Å². The van der Waals surface area contributed by atoms with Gasteiger partial charge in [-0.25, -0.2) is 9.78 Å². The number of aromatic nitrogens is 2. The van der Waals surface area contributed by atoms with Crippen LogP contribution in [0.3, 0.4) is 0 Å². The molecule has 7 heteroatoms. The Kier molecular flexibility index (Phi) is 4.82. The Balaban J connectivity index is 2.35. The molecule has 0 saturated heterocycles. The fourth-order valence-corrected chi connectivity index (χ4v) is 3.60. The van der Waals surface area contributed by atoms with Gasteiger partial charge in [0.1, 0.15) is 9.71 Å². The minimum Gasteiger partial charge on any atom is -0.477 e. The van der Waals surface area contributed by atoms with Gasteiger partial charge < -0.3 is 5.11 Å². The molecule has 108 valence electrons. The van der Waals surface area contributed by atoms with Crippen LogP contribution in [0.25, 0.3) is 10.2 Å². The number of fused-ring (bicyclic) bond motifs is 1. The molecule has 0 atom stereocenters. The van der Waals surface area contributed by atoms with Gasteiger partial charge in [0.05, 0.1) is 11.7 Å². The molecule has 0 fully saturated rings. The SMILES string of the molecule is CCSCCCn1cnc2sc(C(=O)O)c(C)c2c1=O. The molecule has 1 N–H and O–H groups in total. The molecular weight excluding hydrogens is 296 g/mol. The standard InChI is InChI=1S/C13H16N2O3S2/c1-3-19-6-4-5-15-7-14-11-9(12(15)16)8(2)10(20-11)13(17)18/h7H,3-6H2,1-2H3,(H,17,18). The van der Waals surface area contributed by atoms with E-state index in [1.807, 2.05) is 11.8 Å². The van der Waals surface area contributed by atoms with E-state index in [1.165, 1.54) is 6.33 Å².